The average molecular weight is 376 g/mol. The summed E-state index contributed by atoms with van der Waals surface area (Å²) in [4.78, 5) is 32.9. The lowest BCUT2D eigenvalue weighted by Gasteiger charge is -2.40. The van der Waals surface area contributed by atoms with Gasteiger partial charge in [-0.3, -0.25) is 14.7 Å². The lowest BCUT2D eigenvalue weighted by molar-refractivity contribution is -0.131. The third kappa shape index (κ3) is 2.30. The van der Waals surface area contributed by atoms with Gasteiger partial charge in [0, 0.05) is 31.4 Å². The molecule has 1 N–H and O–H groups in total. The van der Waals surface area contributed by atoms with E-state index in [0.717, 1.165) is 34.3 Å². The van der Waals surface area contributed by atoms with Gasteiger partial charge in [-0.15, -0.1) is 0 Å². The van der Waals surface area contributed by atoms with Crippen molar-refractivity contribution < 1.29 is 9.59 Å². The van der Waals surface area contributed by atoms with Gasteiger partial charge in [0.1, 0.15) is 5.69 Å². The van der Waals surface area contributed by atoms with Crippen molar-refractivity contribution in [2.75, 3.05) is 24.5 Å². The van der Waals surface area contributed by atoms with Crippen LogP contribution in [0.25, 0.3) is 10.9 Å². The summed E-state index contributed by atoms with van der Waals surface area (Å²) < 4.78 is 2.06. The second-order valence-electron chi connectivity index (χ2n) is 7.32. The predicted molar refractivity (Wildman–Crippen MR) is 104 cm³/mol. The molecule has 2 aliphatic heterocycles. The van der Waals surface area contributed by atoms with Crippen molar-refractivity contribution in [3.05, 3.63) is 54.3 Å². The van der Waals surface area contributed by atoms with Crippen LogP contribution in [-0.4, -0.2) is 56.1 Å². The molecule has 0 unspecified atom stereocenters. The summed E-state index contributed by atoms with van der Waals surface area (Å²) in [5, 5.41) is 8.02. The normalized spacial score (nSPS) is 17.0. The number of likely N-dealkylation sites (tertiary alicyclic amines) is 1. The lowest BCUT2D eigenvalue weighted by Crippen LogP contribution is -2.50. The first kappa shape index (κ1) is 16.7. The zero-order chi connectivity index (χ0) is 19.4. The first-order valence-corrected chi connectivity index (χ1v) is 9.30. The summed E-state index contributed by atoms with van der Waals surface area (Å²) in [7, 11) is 0. The van der Waals surface area contributed by atoms with Crippen molar-refractivity contribution in [1.29, 1.82) is 0 Å². The zero-order valence-electron chi connectivity index (χ0n) is 15.6. The number of benzene rings is 1. The summed E-state index contributed by atoms with van der Waals surface area (Å²) in [5.41, 5.74) is 4.28. The molecule has 4 heterocycles. The van der Waals surface area contributed by atoms with Crippen molar-refractivity contribution in [1.82, 2.24) is 24.6 Å². The highest BCUT2D eigenvalue weighted by Gasteiger charge is 2.36. The Morgan fingerprint density at radius 1 is 1.36 bits per heavy atom. The molecule has 3 aromatic rings. The predicted octanol–water partition coefficient (Wildman–Crippen LogP) is 1.84. The summed E-state index contributed by atoms with van der Waals surface area (Å²) >= 11 is 0. The van der Waals surface area contributed by atoms with E-state index in [9.17, 15) is 9.59 Å². The van der Waals surface area contributed by atoms with Gasteiger partial charge in [-0.1, -0.05) is 12.6 Å². The second-order valence-corrected chi connectivity index (χ2v) is 7.32. The smallest absolute Gasteiger partial charge is 0.278 e. The molecule has 8 heteroatoms. The number of hydrogen-bond acceptors (Lipinski definition) is 4. The van der Waals surface area contributed by atoms with Crippen molar-refractivity contribution >= 4 is 28.4 Å². The number of imidazole rings is 1. The fourth-order valence-electron chi connectivity index (χ4n) is 4.20. The molecule has 2 amide bonds. The largest absolute Gasteiger partial charge is 0.335 e. The Hall–Kier alpha value is -3.42. The minimum atomic E-state index is -0.0878. The maximum atomic E-state index is 13.2. The lowest BCUT2D eigenvalue weighted by atomic mass is 10.0. The molecule has 0 bridgehead atoms. The highest BCUT2D eigenvalue weighted by Crippen LogP contribution is 2.34. The molecule has 0 atom stereocenters. The number of amides is 2. The van der Waals surface area contributed by atoms with Crippen LogP contribution in [0, 0.1) is 6.92 Å². The topological polar surface area (TPSA) is 87.1 Å². The van der Waals surface area contributed by atoms with E-state index in [4.69, 9.17) is 0 Å². The van der Waals surface area contributed by atoms with Crippen LogP contribution in [0.5, 0.6) is 0 Å². The van der Waals surface area contributed by atoms with Gasteiger partial charge in [0.15, 0.2) is 0 Å². The Morgan fingerprint density at radius 2 is 2.18 bits per heavy atom. The molecule has 1 aromatic carbocycles. The monoisotopic (exact) mass is 376 g/mol. The molecule has 5 rings (SSSR count). The van der Waals surface area contributed by atoms with Gasteiger partial charge in [0.25, 0.3) is 5.91 Å². The van der Waals surface area contributed by atoms with Crippen LogP contribution in [0.4, 0.5) is 5.69 Å². The second kappa shape index (κ2) is 6.05. The molecule has 0 spiro atoms. The molecular weight excluding hydrogens is 356 g/mol. The van der Waals surface area contributed by atoms with Crippen LogP contribution in [0.3, 0.4) is 0 Å². The maximum absolute atomic E-state index is 13.2. The number of nitrogens with one attached hydrogen (secondary N) is 1. The quantitative estimate of drug-likeness (QED) is 0.707. The van der Waals surface area contributed by atoms with E-state index in [0.29, 0.717) is 25.3 Å². The molecule has 8 nitrogen and oxygen atoms in total. The van der Waals surface area contributed by atoms with Gasteiger partial charge >= 0.3 is 0 Å². The van der Waals surface area contributed by atoms with Crippen LogP contribution in [0.15, 0.2) is 37.3 Å². The molecule has 2 aromatic heterocycles. The van der Waals surface area contributed by atoms with Gasteiger partial charge in [0.05, 0.1) is 35.5 Å². The number of carbonyl (C=O) groups is 2. The first-order valence-electron chi connectivity index (χ1n) is 9.30. The molecule has 2 aliphatic rings. The molecular formula is C20H20N6O2. The molecule has 0 aliphatic carbocycles. The van der Waals surface area contributed by atoms with Crippen LogP contribution in [-0.2, 0) is 11.2 Å². The fourth-order valence-corrected chi connectivity index (χ4v) is 4.20. The average Bonchev–Trinajstić information content (AvgIpc) is 3.29. The van der Waals surface area contributed by atoms with E-state index in [1.54, 1.807) is 22.3 Å². The van der Waals surface area contributed by atoms with E-state index < -0.39 is 0 Å². The van der Waals surface area contributed by atoms with Crippen LogP contribution in [0.1, 0.15) is 27.8 Å². The zero-order valence-corrected chi connectivity index (χ0v) is 15.6. The maximum Gasteiger partial charge on any atom is 0.278 e. The van der Waals surface area contributed by atoms with Crippen LogP contribution in [0.2, 0.25) is 0 Å². The van der Waals surface area contributed by atoms with E-state index >= 15 is 0 Å². The Kier molecular flexibility index (Phi) is 3.61. The van der Waals surface area contributed by atoms with E-state index in [1.165, 1.54) is 6.08 Å². The number of rotatable bonds is 3. The van der Waals surface area contributed by atoms with E-state index in [-0.39, 0.29) is 17.9 Å². The third-order valence-electron chi connectivity index (χ3n) is 5.73. The first-order chi connectivity index (χ1) is 13.6. The summed E-state index contributed by atoms with van der Waals surface area (Å²) in [5.74, 6) is -0.147. The van der Waals surface area contributed by atoms with Gasteiger partial charge in [-0.2, -0.15) is 5.10 Å². The van der Waals surface area contributed by atoms with Crippen molar-refractivity contribution in [2.45, 2.75) is 19.4 Å². The standard InChI is InChI=1S/C20H20N6O2/c1-3-17(27)24-9-13(10-24)26-11-21-18-16(26)6-7-25(20(18)28)19-12(2)4-5-15-14(19)8-22-23-15/h3-5,8,11,13H,1,6-7,9-10H2,2H3,(H,22,23). The minimum absolute atomic E-state index is 0.0591. The summed E-state index contributed by atoms with van der Waals surface area (Å²) in [6.07, 6.45) is 5.55. The third-order valence-corrected chi connectivity index (χ3v) is 5.73. The number of aromatic amines is 1. The molecule has 28 heavy (non-hydrogen) atoms. The fraction of sp³-hybridized carbons (Fsp3) is 0.300. The van der Waals surface area contributed by atoms with Crippen molar-refractivity contribution in [2.24, 2.45) is 0 Å². The highest BCUT2D eigenvalue weighted by atomic mass is 16.2. The van der Waals surface area contributed by atoms with Gasteiger partial charge in [0.2, 0.25) is 5.91 Å². The number of hydrogen-bond donors (Lipinski definition) is 1. The number of aryl methyl sites for hydroxylation is 1. The van der Waals surface area contributed by atoms with Crippen molar-refractivity contribution in [3.8, 4) is 0 Å². The van der Waals surface area contributed by atoms with Gasteiger partial charge < -0.3 is 14.4 Å². The highest BCUT2D eigenvalue weighted by molar-refractivity contribution is 6.11. The number of H-pyrrole nitrogens is 1. The number of nitrogens with zero attached hydrogens (tertiary/aromatic N) is 5. The Labute approximate surface area is 161 Å². The van der Waals surface area contributed by atoms with Gasteiger partial charge in [-0.05, 0) is 24.6 Å². The number of aromatic nitrogens is 4. The minimum Gasteiger partial charge on any atom is -0.335 e. The van der Waals surface area contributed by atoms with Crippen LogP contribution >= 0.6 is 0 Å². The van der Waals surface area contributed by atoms with Crippen LogP contribution < -0.4 is 4.90 Å². The molecule has 0 saturated carbocycles. The number of anilines is 1. The van der Waals surface area contributed by atoms with E-state index in [1.807, 2.05) is 19.1 Å². The molecule has 142 valence electrons. The Balaban J connectivity index is 1.45. The number of carbonyl (C=O) groups excluding carboxylic acids is 2. The van der Waals surface area contributed by atoms with E-state index in [2.05, 4.69) is 26.3 Å². The molecule has 0 radical (unpaired) electrons. The Bertz CT molecular complexity index is 1120. The van der Waals surface area contributed by atoms with Gasteiger partial charge in [-0.25, -0.2) is 4.98 Å². The van der Waals surface area contributed by atoms with Crippen molar-refractivity contribution in [3.63, 3.8) is 0 Å². The summed E-state index contributed by atoms with van der Waals surface area (Å²) in [6, 6.07) is 4.14. The Morgan fingerprint density at radius 3 is 2.96 bits per heavy atom. The molecule has 1 saturated heterocycles. The summed E-state index contributed by atoms with van der Waals surface area (Å²) in [6.45, 7) is 7.36. The molecule has 1 fully saturated rings. The SMILES string of the molecule is C=CC(=O)N1CC(n2cnc3c2CCN(c2c(C)ccc4[nH]ncc24)C3=O)C1. The number of fused-ring (bicyclic) bond motifs is 2.